The van der Waals surface area contributed by atoms with Crippen molar-refractivity contribution in [1.29, 1.82) is 0 Å². The van der Waals surface area contributed by atoms with Gasteiger partial charge in [-0.05, 0) is 64.7 Å². The fraction of sp³-hybridized carbons (Fsp3) is 0.906. The Hall–Kier alpha value is -1.67. The molecule has 9 atom stereocenters. The summed E-state index contributed by atoms with van der Waals surface area (Å²) >= 11 is 0. The van der Waals surface area contributed by atoms with Gasteiger partial charge in [-0.25, -0.2) is 0 Å². The van der Waals surface area contributed by atoms with Gasteiger partial charge in [0.15, 0.2) is 0 Å². The van der Waals surface area contributed by atoms with E-state index in [2.05, 4.69) is 20.8 Å². The van der Waals surface area contributed by atoms with Crippen molar-refractivity contribution < 1.29 is 38.4 Å². The third-order valence-corrected chi connectivity index (χ3v) is 9.84. The van der Waals surface area contributed by atoms with Gasteiger partial charge in [0.05, 0.1) is 6.10 Å². The van der Waals surface area contributed by atoms with E-state index in [0.29, 0.717) is 31.6 Å². The molecule has 3 aliphatic rings. The molecule has 3 rings (SSSR count). The first-order valence-corrected chi connectivity index (χ1v) is 15.6. The zero-order valence-electron chi connectivity index (χ0n) is 26.1. The van der Waals surface area contributed by atoms with Crippen LogP contribution in [-0.2, 0) is 33.3 Å². The van der Waals surface area contributed by atoms with Gasteiger partial charge in [0, 0.05) is 38.5 Å². The topological polar surface area (TPSA) is 108 Å². The minimum Gasteiger partial charge on any atom is -0.459 e. The van der Waals surface area contributed by atoms with Crippen molar-refractivity contribution in [3.8, 4) is 0 Å². The smallest absolute Gasteiger partial charge is 0.306 e. The standard InChI is InChI=1S/C32H54O8/c1-9-10-11-12-13-14-26(35)38-25-16-18-32(8,40-22(5)34)29-27-23(20(2)3)15-17-31(7,39-21(4)33)28(27)24(37-29)19-30(25,6)36/h20,23-25,27-29,36H,9-19H2,1-8H3. The molecular formula is C32H54O8. The third-order valence-electron chi connectivity index (χ3n) is 9.84. The zero-order chi connectivity index (χ0) is 29.9. The van der Waals surface area contributed by atoms with E-state index in [1.165, 1.54) is 13.8 Å². The van der Waals surface area contributed by atoms with Gasteiger partial charge < -0.3 is 24.1 Å². The van der Waals surface area contributed by atoms with Crippen molar-refractivity contribution in [2.24, 2.45) is 23.7 Å². The van der Waals surface area contributed by atoms with Crippen LogP contribution in [0.4, 0.5) is 0 Å². The van der Waals surface area contributed by atoms with E-state index in [1.807, 2.05) is 13.8 Å². The average molecular weight is 567 g/mol. The fourth-order valence-electron chi connectivity index (χ4n) is 7.98. The molecule has 2 saturated heterocycles. The minimum atomic E-state index is -1.38. The Bertz CT molecular complexity index is 899. The summed E-state index contributed by atoms with van der Waals surface area (Å²) in [6, 6.07) is 0. The molecule has 0 amide bonds. The number of esters is 3. The normalized spacial score (nSPS) is 39.5. The molecule has 0 aromatic rings. The monoisotopic (exact) mass is 566 g/mol. The first-order chi connectivity index (χ1) is 18.6. The molecule has 0 aromatic heterocycles. The highest BCUT2D eigenvalue weighted by Gasteiger charge is 2.65. The Labute approximate surface area is 241 Å². The molecule has 1 N–H and O–H groups in total. The maximum atomic E-state index is 12.9. The van der Waals surface area contributed by atoms with Crippen LogP contribution in [0.5, 0.6) is 0 Å². The van der Waals surface area contributed by atoms with Gasteiger partial charge in [-0.2, -0.15) is 0 Å². The Morgan fingerprint density at radius 2 is 1.52 bits per heavy atom. The number of fused-ring (bicyclic) bond motifs is 5. The first-order valence-electron chi connectivity index (χ1n) is 15.6. The van der Waals surface area contributed by atoms with E-state index in [9.17, 15) is 19.5 Å². The molecule has 2 heterocycles. The van der Waals surface area contributed by atoms with Crippen LogP contribution in [0, 0.1) is 23.7 Å². The Kier molecular flexibility index (Phi) is 10.8. The predicted octanol–water partition coefficient (Wildman–Crippen LogP) is 5.90. The lowest BCUT2D eigenvalue weighted by Gasteiger charge is -2.51. The van der Waals surface area contributed by atoms with Crippen molar-refractivity contribution in [3.63, 3.8) is 0 Å². The summed E-state index contributed by atoms with van der Waals surface area (Å²) in [6.45, 7) is 15.0. The third kappa shape index (κ3) is 7.39. The van der Waals surface area contributed by atoms with Crippen LogP contribution in [0.15, 0.2) is 0 Å². The van der Waals surface area contributed by atoms with Crippen molar-refractivity contribution in [1.82, 2.24) is 0 Å². The second-order valence-electron chi connectivity index (χ2n) is 13.7. The summed E-state index contributed by atoms with van der Waals surface area (Å²) in [5, 5.41) is 11.9. The van der Waals surface area contributed by atoms with Crippen molar-refractivity contribution in [3.05, 3.63) is 0 Å². The van der Waals surface area contributed by atoms with E-state index in [1.54, 1.807) is 6.92 Å². The van der Waals surface area contributed by atoms with Gasteiger partial charge in [0.25, 0.3) is 0 Å². The molecule has 1 saturated carbocycles. The molecule has 8 nitrogen and oxygen atoms in total. The summed E-state index contributed by atoms with van der Waals surface area (Å²) in [7, 11) is 0. The summed E-state index contributed by atoms with van der Waals surface area (Å²) < 4.78 is 24.9. The minimum absolute atomic E-state index is 0.0366. The van der Waals surface area contributed by atoms with E-state index in [-0.39, 0.29) is 36.1 Å². The van der Waals surface area contributed by atoms with E-state index >= 15 is 0 Å². The van der Waals surface area contributed by atoms with Gasteiger partial charge in [-0.3, -0.25) is 14.4 Å². The van der Waals surface area contributed by atoms with Crippen LogP contribution < -0.4 is 0 Å². The quantitative estimate of drug-likeness (QED) is 0.198. The van der Waals surface area contributed by atoms with Gasteiger partial charge in [-0.15, -0.1) is 0 Å². The molecular weight excluding hydrogens is 512 g/mol. The number of rotatable bonds is 10. The lowest BCUT2D eigenvalue weighted by molar-refractivity contribution is -0.185. The molecule has 9 unspecified atom stereocenters. The maximum Gasteiger partial charge on any atom is 0.306 e. The van der Waals surface area contributed by atoms with Crippen LogP contribution in [0.25, 0.3) is 0 Å². The number of carbonyl (C=O) groups is 3. The van der Waals surface area contributed by atoms with Crippen LogP contribution in [0.3, 0.4) is 0 Å². The van der Waals surface area contributed by atoms with E-state index in [4.69, 9.17) is 18.9 Å². The highest BCUT2D eigenvalue weighted by molar-refractivity contribution is 5.69. The number of carbonyl (C=O) groups excluding carboxylic acids is 3. The molecule has 2 bridgehead atoms. The number of hydrogen-bond acceptors (Lipinski definition) is 8. The van der Waals surface area contributed by atoms with E-state index in [0.717, 1.165) is 38.5 Å². The SMILES string of the molecule is CCCCCCCC(=O)OC1CCC(C)(OC(C)=O)C2OC(CC1(C)O)C1C2C(C(C)C)CCC1(C)OC(C)=O. The lowest BCUT2D eigenvalue weighted by Crippen LogP contribution is -2.58. The van der Waals surface area contributed by atoms with Crippen LogP contribution in [0.2, 0.25) is 0 Å². The van der Waals surface area contributed by atoms with Crippen molar-refractivity contribution in [2.75, 3.05) is 0 Å². The molecule has 8 heteroatoms. The zero-order valence-corrected chi connectivity index (χ0v) is 26.1. The average Bonchev–Trinajstić information content (AvgIpc) is 3.21. The number of hydrogen-bond donors (Lipinski definition) is 1. The number of aliphatic hydroxyl groups is 1. The van der Waals surface area contributed by atoms with Crippen molar-refractivity contribution in [2.45, 2.75) is 161 Å². The second-order valence-corrected chi connectivity index (χ2v) is 13.7. The van der Waals surface area contributed by atoms with E-state index < -0.39 is 41.1 Å². The Balaban J connectivity index is 1.97. The Morgan fingerprint density at radius 1 is 0.925 bits per heavy atom. The molecule has 230 valence electrons. The summed E-state index contributed by atoms with van der Waals surface area (Å²) in [6.07, 6.45) is 6.19. The van der Waals surface area contributed by atoms with Gasteiger partial charge in [-0.1, -0.05) is 46.5 Å². The molecule has 2 aliphatic heterocycles. The molecule has 0 radical (unpaired) electrons. The fourth-order valence-corrected chi connectivity index (χ4v) is 7.98. The van der Waals surface area contributed by atoms with Gasteiger partial charge in [0.2, 0.25) is 0 Å². The van der Waals surface area contributed by atoms with Gasteiger partial charge in [0.1, 0.15) is 29.0 Å². The summed E-state index contributed by atoms with van der Waals surface area (Å²) in [5.41, 5.74) is -3.18. The number of ether oxygens (including phenoxy) is 4. The maximum absolute atomic E-state index is 12.9. The molecule has 0 aromatic carbocycles. The Morgan fingerprint density at radius 3 is 2.12 bits per heavy atom. The second kappa shape index (κ2) is 13.1. The molecule has 3 fully saturated rings. The van der Waals surface area contributed by atoms with Crippen LogP contribution in [-0.4, -0.2) is 58.1 Å². The summed E-state index contributed by atoms with van der Waals surface area (Å²) in [4.78, 5) is 37.6. The lowest BCUT2D eigenvalue weighted by atomic mass is 9.57. The predicted molar refractivity (Wildman–Crippen MR) is 151 cm³/mol. The summed E-state index contributed by atoms with van der Waals surface area (Å²) in [5.74, 6) is -0.709. The highest BCUT2D eigenvalue weighted by atomic mass is 16.6. The molecule has 1 aliphatic carbocycles. The van der Waals surface area contributed by atoms with Crippen LogP contribution >= 0.6 is 0 Å². The van der Waals surface area contributed by atoms with Crippen molar-refractivity contribution >= 4 is 17.9 Å². The van der Waals surface area contributed by atoms with Crippen LogP contribution in [0.1, 0.15) is 126 Å². The highest BCUT2D eigenvalue weighted by Crippen LogP contribution is 2.58. The first kappa shape index (κ1) is 32.8. The molecule has 0 spiro atoms. The number of unbranched alkanes of at least 4 members (excludes halogenated alkanes) is 4. The largest absolute Gasteiger partial charge is 0.459 e. The van der Waals surface area contributed by atoms with Gasteiger partial charge >= 0.3 is 17.9 Å². The molecule has 40 heavy (non-hydrogen) atoms.